The average molecular weight is 1410 g/mol. The molecule has 8 amide bonds. The predicted molar refractivity (Wildman–Crippen MR) is 349 cm³/mol. The summed E-state index contributed by atoms with van der Waals surface area (Å²) in [5.74, 6) is -7.06. The number of carbonyl (C=O) groups excluding carboxylic acids is 9. The molecule has 0 aliphatic rings. The van der Waals surface area contributed by atoms with Crippen molar-refractivity contribution >= 4 is 59.0 Å². The number of aliphatic hydroxyl groups excluding tert-OH is 10. The van der Waals surface area contributed by atoms with Crippen LogP contribution in [0, 0.1) is 17.8 Å². The molecular formula is C59H117N13O25. The summed E-state index contributed by atoms with van der Waals surface area (Å²) in [4.78, 5) is 120. The van der Waals surface area contributed by atoms with Crippen LogP contribution in [0.5, 0.6) is 0 Å². The van der Waals surface area contributed by atoms with Gasteiger partial charge in [-0.3, -0.25) is 47.9 Å². The number of amides is 8. The zero-order valence-corrected chi connectivity index (χ0v) is 56.7. The SMILES string of the molecule is COCCOCCCNC(=O)C(C)CC(=O)NCCNCCN.COCCOCCCNC(=O)C(CC(=O)NCCNCCNC(=O)CCCNC(=O)[C@H](O)[C@@H](O)[C@H](O)[C@H](O)CO)CC(=O)C(C)CC(=O)NCCNCCN.O=C(O)CCCNC(=O)[C@H](O)[C@@H](O)[C@H](O)[C@H](O)CO. The molecule has 0 fully saturated rings. The lowest BCUT2D eigenvalue weighted by atomic mass is 9.90. The molecule has 0 bridgehead atoms. The molecule has 0 aromatic carbocycles. The van der Waals surface area contributed by atoms with Gasteiger partial charge in [0.1, 0.15) is 42.4 Å². The van der Waals surface area contributed by atoms with Gasteiger partial charge in [-0.15, -0.1) is 0 Å². The Morgan fingerprint density at radius 2 is 0.732 bits per heavy atom. The first-order valence-corrected chi connectivity index (χ1v) is 32.4. The smallest absolute Gasteiger partial charge is 0.303 e. The van der Waals surface area contributed by atoms with Crippen LogP contribution in [0.25, 0.3) is 0 Å². The van der Waals surface area contributed by atoms with Crippen LogP contribution >= 0.6 is 0 Å². The van der Waals surface area contributed by atoms with E-state index in [1.54, 1.807) is 28.1 Å². The third-order valence-electron chi connectivity index (χ3n) is 13.6. The summed E-state index contributed by atoms with van der Waals surface area (Å²) in [6.07, 6.45) is -14.1. The summed E-state index contributed by atoms with van der Waals surface area (Å²) < 4.78 is 20.5. The van der Waals surface area contributed by atoms with Gasteiger partial charge in [-0.1, -0.05) is 13.8 Å². The fourth-order valence-corrected chi connectivity index (χ4v) is 7.79. The van der Waals surface area contributed by atoms with Gasteiger partial charge >= 0.3 is 5.97 Å². The quantitative estimate of drug-likeness (QED) is 0.0251. The Morgan fingerprint density at radius 1 is 0.371 bits per heavy atom. The number of carbonyl (C=O) groups is 10. The topological polar surface area (TPSA) is 615 Å². The zero-order valence-electron chi connectivity index (χ0n) is 56.7. The van der Waals surface area contributed by atoms with Crippen LogP contribution in [0.15, 0.2) is 0 Å². The molecule has 0 aromatic rings. The van der Waals surface area contributed by atoms with Crippen molar-refractivity contribution in [3.63, 3.8) is 0 Å². The van der Waals surface area contributed by atoms with Gasteiger partial charge in [0.2, 0.25) is 35.4 Å². The van der Waals surface area contributed by atoms with E-state index < -0.39 is 103 Å². The molecule has 38 nitrogen and oxygen atoms in total. The molecule has 0 rings (SSSR count). The first kappa shape index (κ1) is 95.3. The van der Waals surface area contributed by atoms with Gasteiger partial charge in [0.25, 0.3) is 11.8 Å². The number of hydrogen-bond acceptors (Lipinski definition) is 29. The molecule has 0 spiro atoms. The highest BCUT2D eigenvalue weighted by Gasteiger charge is 2.35. The Bertz CT molecular complexity index is 2120. The zero-order chi connectivity index (χ0) is 73.8. The lowest BCUT2D eigenvalue weighted by molar-refractivity contribution is -0.149. The van der Waals surface area contributed by atoms with E-state index in [4.69, 9.17) is 50.8 Å². The van der Waals surface area contributed by atoms with E-state index in [-0.39, 0.29) is 119 Å². The van der Waals surface area contributed by atoms with E-state index in [1.807, 2.05) is 0 Å². The van der Waals surface area contributed by atoms with Crippen LogP contribution in [0.2, 0.25) is 0 Å². The highest BCUT2D eigenvalue weighted by molar-refractivity contribution is 5.93. The third kappa shape index (κ3) is 53.8. The number of methoxy groups -OCH3 is 2. The largest absolute Gasteiger partial charge is 0.481 e. The van der Waals surface area contributed by atoms with Crippen LogP contribution in [0.3, 0.4) is 0 Å². The molecule has 568 valence electrons. The van der Waals surface area contributed by atoms with E-state index in [0.29, 0.717) is 112 Å². The minimum atomic E-state index is -2.06. The molecule has 0 saturated carbocycles. The van der Waals surface area contributed by atoms with Crippen molar-refractivity contribution in [2.45, 2.75) is 127 Å². The maximum Gasteiger partial charge on any atom is 0.303 e. The van der Waals surface area contributed by atoms with Gasteiger partial charge in [-0.25, -0.2) is 0 Å². The second-order valence-electron chi connectivity index (χ2n) is 22.0. The standard InChI is InChI=1S/C34H66N8O13.C15H32N4O4.C10H19NO8/c1-23(19-28(47)39-14-10-36-9-6-35)25(44)20-24(33(52)41-8-4-16-55-18-17-54-2)21-29(48)40-15-12-37-11-13-38-27(46)5-3-7-42-34(53)32(51)31(50)30(49)26(45)22-43;1-13(12-14(20)18-8-7-17-6-4-16)15(21)19-5-3-9-23-11-10-22-2;12-4-5(13)7(16)8(17)9(18)10(19)11-3-1-2-6(14)15/h23-24,26,30-32,36-37,43,45,49-51H,3-22,35H2,1-2H3,(H,38,46)(H,39,47)(H,40,48)(H,41,52)(H,42,53);13,17H,3-12,16H2,1-2H3,(H,18,20)(H,19,21);5,7-9,12-13,16-18H,1-4H2,(H,11,19)(H,14,15)/t23?,24?,26-,30-,31+,32-;;5-,7-,8+,9-/m1.1/s1. The van der Waals surface area contributed by atoms with Gasteiger partial charge in [0.15, 0.2) is 12.2 Å². The number of nitrogens with one attached hydrogen (secondary N) is 11. The minimum Gasteiger partial charge on any atom is -0.481 e. The number of rotatable bonds is 59. The molecule has 0 radical (unpaired) electrons. The Morgan fingerprint density at radius 3 is 1.13 bits per heavy atom. The van der Waals surface area contributed by atoms with Crippen molar-refractivity contribution in [2.24, 2.45) is 29.2 Å². The number of ketones is 1. The Hall–Kier alpha value is -5.86. The summed E-state index contributed by atoms with van der Waals surface area (Å²) in [6.45, 7) is 11.1. The minimum absolute atomic E-state index is 0.0157. The van der Waals surface area contributed by atoms with Gasteiger partial charge in [0.05, 0.1) is 45.6 Å². The molecule has 0 aliphatic heterocycles. The maximum atomic E-state index is 13.0. The van der Waals surface area contributed by atoms with Crippen molar-refractivity contribution in [1.29, 1.82) is 0 Å². The lowest BCUT2D eigenvalue weighted by Crippen LogP contribution is -2.51. The highest BCUT2D eigenvalue weighted by atomic mass is 16.5. The van der Waals surface area contributed by atoms with Crippen molar-refractivity contribution < 1.29 is 123 Å². The van der Waals surface area contributed by atoms with E-state index in [0.717, 1.165) is 13.0 Å². The number of Topliss-reactive ketones (excluding diaryl/α,β-unsaturated/α-hetero) is 1. The molecule has 0 saturated heterocycles. The molecule has 0 heterocycles. The van der Waals surface area contributed by atoms with E-state index in [1.165, 1.54) is 0 Å². The first-order chi connectivity index (χ1) is 46.2. The van der Waals surface area contributed by atoms with E-state index >= 15 is 0 Å². The third-order valence-corrected chi connectivity index (χ3v) is 13.6. The Balaban J connectivity index is -0.00000170. The van der Waals surface area contributed by atoms with E-state index in [2.05, 4.69) is 58.5 Å². The summed E-state index contributed by atoms with van der Waals surface area (Å²) in [6, 6.07) is 0. The molecule has 0 aliphatic carbocycles. The molecule has 0 aromatic heterocycles. The number of carboxylic acids is 1. The van der Waals surface area contributed by atoms with Gasteiger partial charge < -0.3 is 145 Å². The van der Waals surface area contributed by atoms with Crippen LogP contribution in [0.4, 0.5) is 0 Å². The van der Waals surface area contributed by atoms with E-state index in [9.17, 15) is 83.7 Å². The van der Waals surface area contributed by atoms with Crippen molar-refractivity contribution in [3.05, 3.63) is 0 Å². The molecule has 3 unspecified atom stereocenters. The number of aliphatic carboxylic acids is 1. The summed E-state index contributed by atoms with van der Waals surface area (Å²) in [5.41, 5.74) is 10.8. The summed E-state index contributed by atoms with van der Waals surface area (Å²) in [5, 5.41) is 131. The van der Waals surface area contributed by atoms with Crippen molar-refractivity contribution in [2.75, 3.05) is 172 Å². The fourth-order valence-electron chi connectivity index (χ4n) is 7.79. The fraction of sp³-hybridized carbons (Fsp3) is 0.831. The summed E-state index contributed by atoms with van der Waals surface area (Å²) in [7, 11) is 3.18. The van der Waals surface area contributed by atoms with Crippen LogP contribution in [-0.4, -0.2) is 336 Å². The molecule has 97 heavy (non-hydrogen) atoms. The van der Waals surface area contributed by atoms with Gasteiger partial charge in [0, 0.05) is 183 Å². The van der Waals surface area contributed by atoms with Crippen LogP contribution in [0.1, 0.15) is 78.1 Å². The van der Waals surface area contributed by atoms with Gasteiger partial charge in [-0.05, 0) is 25.7 Å². The maximum absolute atomic E-state index is 13.0. The Labute approximate surface area is 566 Å². The monoisotopic (exact) mass is 1410 g/mol. The molecule has 26 N–H and O–H groups in total. The number of hydrogen-bond donors (Lipinski definition) is 24. The molecular weight excluding hydrogens is 1290 g/mol. The van der Waals surface area contributed by atoms with Crippen molar-refractivity contribution in [3.8, 4) is 0 Å². The predicted octanol–water partition coefficient (Wildman–Crippen LogP) is -10.8. The molecule has 11 atom stereocenters. The average Bonchev–Trinajstić information content (AvgIpc) is 1.65. The first-order valence-electron chi connectivity index (χ1n) is 32.4. The summed E-state index contributed by atoms with van der Waals surface area (Å²) >= 11 is 0. The lowest BCUT2D eigenvalue weighted by Gasteiger charge is -2.24. The number of aliphatic hydroxyl groups is 10. The van der Waals surface area contributed by atoms with Gasteiger partial charge in [-0.2, -0.15) is 0 Å². The highest BCUT2D eigenvalue weighted by Crippen LogP contribution is 2.16. The second kappa shape index (κ2) is 63.6. The number of nitrogens with two attached hydrogens (primary N) is 2. The van der Waals surface area contributed by atoms with Crippen LogP contribution in [-0.2, 0) is 66.9 Å². The Kier molecular flexibility index (Phi) is 62.5. The number of ether oxygens (including phenoxy) is 4. The normalized spacial score (nSPS) is 14.4. The van der Waals surface area contributed by atoms with Crippen LogP contribution < -0.4 is 70.0 Å². The molecule has 38 heteroatoms. The second-order valence-corrected chi connectivity index (χ2v) is 22.0. The van der Waals surface area contributed by atoms with Crippen molar-refractivity contribution in [1.82, 2.24) is 58.5 Å². The number of carboxylic acid groups (broad SMARTS) is 1.